The summed E-state index contributed by atoms with van der Waals surface area (Å²) in [5, 5.41) is 13.7. The third-order valence-electron chi connectivity index (χ3n) is 5.04. The number of benzene rings is 3. The number of amides is 2. The molecule has 0 fully saturated rings. The standard InChI is InChI=1S/C25H21N3O3/c26-15-6-16-28(19-7-2-1-3-8-19)25(30)14-13-24(29)27-18-11-12-21-20-9-4-5-10-22(20)31-23(21)17-18/h1-5,7-12,17H,6,13-14,16H2,(H,27,29). The van der Waals surface area contributed by atoms with Crippen molar-refractivity contribution in [3.05, 3.63) is 72.8 Å². The molecule has 31 heavy (non-hydrogen) atoms. The molecule has 1 heterocycles. The number of nitriles is 1. The summed E-state index contributed by atoms with van der Waals surface area (Å²) in [6.07, 6.45) is 0.330. The predicted octanol–water partition coefficient (Wildman–Crippen LogP) is 5.25. The fraction of sp³-hybridized carbons (Fsp3) is 0.160. The van der Waals surface area contributed by atoms with Crippen LogP contribution in [0.3, 0.4) is 0 Å². The lowest BCUT2D eigenvalue weighted by atomic mass is 10.1. The zero-order valence-corrected chi connectivity index (χ0v) is 16.9. The maximum atomic E-state index is 12.7. The van der Waals surface area contributed by atoms with Crippen LogP contribution in [0.1, 0.15) is 19.3 Å². The first-order chi connectivity index (χ1) is 15.2. The Morgan fingerprint density at radius 2 is 1.65 bits per heavy atom. The zero-order chi connectivity index (χ0) is 21.6. The van der Waals surface area contributed by atoms with Crippen LogP contribution < -0.4 is 10.2 Å². The van der Waals surface area contributed by atoms with Crippen molar-refractivity contribution in [2.24, 2.45) is 0 Å². The van der Waals surface area contributed by atoms with Gasteiger partial charge in [0.2, 0.25) is 11.8 Å². The van der Waals surface area contributed by atoms with Crippen molar-refractivity contribution in [1.29, 1.82) is 5.26 Å². The van der Waals surface area contributed by atoms with Crippen LogP contribution in [0, 0.1) is 11.3 Å². The molecule has 0 spiro atoms. The van der Waals surface area contributed by atoms with Gasteiger partial charge in [-0.2, -0.15) is 5.26 Å². The molecule has 2 amide bonds. The van der Waals surface area contributed by atoms with Crippen LogP contribution in [0.4, 0.5) is 11.4 Å². The minimum Gasteiger partial charge on any atom is -0.456 e. The molecule has 0 radical (unpaired) electrons. The molecule has 154 valence electrons. The molecule has 4 aromatic rings. The number of rotatable bonds is 7. The van der Waals surface area contributed by atoms with Gasteiger partial charge in [0, 0.05) is 47.6 Å². The summed E-state index contributed by atoms with van der Waals surface area (Å²) in [6, 6.07) is 24.5. The molecule has 0 aliphatic rings. The molecular formula is C25H21N3O3. The average molecular weight is 411 g/mol. The van der Waals surface area contributed by atoms with Gasteiger partial charge in [0.1, 0.15) is 11.2 Å². The normalized spacial score (nSPS) is 10.7. The zero-order valence-electron chi connectivity index (χ0n) is 16.9. The number of furan rings is 1. The minimum absolute atomic E-state index is 0.0485. The van der Waals surface area contributed by atoms with Crippen molar-refractivity contribution in [2.45, 2.75) is 19.3 Å². The van der Waals surface area contributed by atoms with Gasteiger partial charge in [0.05, 0.1) is 12.5 Å². The Kier molecular flexibility index (Phi) is 5.95. The number of fused-ring (bicyclic) bond motifs is 3. The molecule has 0 saturated carbocycles. The van der Waals surface area contributed by atoms with E-state index in [9.17, 15) is 9.59 Å². The molecule has 0 aliphatic carbocycles. The second-order valence-corrected chi connectivity index (χ2v) is 7.15. The summed E-state index contributed by atoms with van der Waals surface area (Å²) in [7, 11) is 0. The second kappa shape index (κ2) is 9.14. The second-order valence-electron chi connectivity index (χ2n) is 7.15. The summed E-state index contributed by atoms with van der Waals surface area (Å²) in [5.41, 5.74) is 2.83. The smallest absolute Gasteiger partial charge is 0.227 e. The topological polar surface area (TPSA) is 86.3 Å². The highest BCUT2D eigenvalue weighted by Crippen LogP contribution is 2.30. The van der Waals surface area contributed by atoms with E-state index in [1.165, 1.54) is 0 Å². The van der Waals surface area contributed by atoms with Crippen LogP contribution in [0.25, 0.3) is 21.9 Å². The number of para-hydroxylation sites is 2. The van der Waals surface area contributed by atoms with Crippen LogP contribution in [0.15, 0.2) is 77.2 Å². The maximum absolute atomic E-state index is 12.7. The molecule has 0 saturated heterocycles. The highest BCUT2D eigenvalue weighted by atomic mass is 16.3. The minimum atomic E-state index is -0.253. The number of hydrogen-bond acceptors (Lipinski definition) is 4. The van der Waals surface area contributed by atoms with Crippen molar-refractivity contribution < 1.29 is 14.0 Å². The van der Waals surface area contributed by atoms with Crippen molar-refractivity contribution in [1.82, 2.24) is 0 Å². The van der Waals surface area contributed by atoms with Gasteiger partial charge >= 0.3 is 0 Å². The maximum Gasteiger partial charge on any atom is 0.227 e. The van der Waals surface area contributed by atoms with Crippen LogP contribution in [-0.4, -0.2) is 18.4 Å². The Hall–Kier alpha value is -4.11. The number of carbonyl (C=O) groups excluding carboxylic acids is 2. The van der Waals surface area contributed by atoms with Crippen molar-refractivity contribution in [2.75, 3.05) is 16.8 Å². The third-order valence-corrected chi connectivity index (χ3v) is 5.04. The van der Waals surface area contributed by atoms with E-state index in [0.29, 0.717) is 17.8 Å². The highest BCUT2D eigenvalue weighted by Gasteiger charge is 2.17. The van der Waals surface area contributed by atoms with E-state index >= 15 is 0 Å². The first-order valence-corrected chi connectivity index (χ1v) is 10.1. The first kappa shape index (κ1) is 20.2. The van der Waals surface area contributed by atoms with E-state index in [0.717, 1.165) is 22.0 Å². The summed E-state index contributed by atoms with van der Waals surface area (Å²) >= 11 is 0. The van der Waals surface area contributed by atoms with Gasteiger partial charge in [0.15, 0.2) is 0 Å². The van der Waals surface area contributed by atoms with Crippen LogP contribution >= 0.6 is 0 Å². The van der Waals surface area contributed by atoms with E-state index in [1.807, 2.05) is 66.7 Å². The molecule has 0 aliphatic heterocycles. The van der Waals surface area contributed by atoms with Gasteiger partial charge in [-0.3, -0.25) is 9.59 Å². The Morgan fingerprint density at radius 3 is 2.45 bits per heavy atom. The lowest BCUT2D eigenvalue weighted by molar-refractivity contribution is -0.122. The Morgan fingerprint density at radius 1 is 0.903 bits per heavy atom. The van der Waals surface area contributed by atoms with Gasteiger partial charge in [-0.15, -0.1) is 0 Å². The molecule has 0 unspecified atom stereocenters. The number of nitrogens with zero attached hydrogens (tertiary/aromatic N) is 2. The van der Waals surface area contributed by atoms with E-state index in [1.54, 1.807) is 11.0 Å². The van der Waals surface area contributed by atoms with Gasteiger partial charge < -0.3 is 14.6 Å². The molecule has 6 heteroatoms. The van der Waals surface area contributed by atoms with E-state index < -0.39 is 0 Å². The number of carbonyl (C=O) groups is 2. The van der Waals surface area contributed by atoms with Gasteiger partial charge in [-0.1, -0.05) is 36.4 Å². The Labute approximate surface area is 179 Å². The highest BCUT2D eigenvalue weighted by molar-refractivity contribution is 6.06. The lowest BCUT2D eigenvalue weighted by Crippen LogP contribution is -2.32. The molecule has 3 aromatic carbocycles. The third kappa shape index (κ3) is 4.57. The van der Waals surface area contributed by atoms with Crippen LogP contribution in [0.2, 0.25) is 0 Å². The first-order valence-electron chi connectivity index (χ1n) is 10.1. The number of hydrogen-bond donors (Lipinski definition) is 1. The summed E-state index contributed by atoms with van der Waals surface area (Å²) in [5.74, 6) is -0.443. The largest absolute Gasteiger partial charge is 0.456 e. The SMILES string of the molecule is N#CCCN(C(=O)CCC(=O)Nc1ccc2c(c1)oc1ccccc12)c1ccccc1. The van der Waals surface area contributed by atoms with Gasteiger partial charge in [0.25, 0.3) is 0 Å². The molecule has 4 rings (SSSR count). The van der Waals surface area contributed by atoms with E-state index in [-0.39, 0.29) is 31.1 Å². The molecule has 0 bridgehead atoms. The summed E-state index contributed by atoms with van der Waals surface area (Å²) in [4.78, 5) is 26.7. The van der Waals surface area contributed by atoms with Gasteiger partial charge in [-0.05, 0) is 30.3 Å². The molecule has 1 N–H and O–H groups in total. The van der Waals surface area contributed by atoms with Crippen LogP contribution in [0.5, 0.6) is 0 Å². The fourth-order valence-electron chi connectivity index (χ4n) is 3.55. The van der Waals surface area contributed by atoms with E-state index in [2.05, 4.69) is 11.4 Å². The van der Waals surface area contributed by atoms with Crippen LogP contribution in [-0.2, 0) is 9.59 Å². The molecule has 6 nitrogen and oxygen atoms in total. The Bertz CT molecular complexity index is 1270. The quantitative estimate of drug-likeness (QED) is 0.450. The molecule has 1 aromatic heterocycles. The molecule has 0 atom stereocenters. The fourth-order valence-corrected chi connectivity index (χ4v) is 3.55. The Balaban J connectivity index is 1.40. The monoisotopic (exact) mass is 411 g/mol. The van der Waals surface area contributed by atoms with Gasteiger partial charge in [-0.25, -0.2) is 0 Å². The number of nitrogens with one attached hydrogen (secondary N) is 1. The number of anilines is 2. The van der Waals surface area contributed by atoms with Crippen molar-refractivity contribution in [3.63, 3.8) is 0 Å². The predicted molar refractivity (Wildman–Crippen MR) is 121 cm³/mol. The van der Waals surface area contributed by atoms with Crippen molar-refractivity contribution >= 4 is 45.1 Å². The lowest BCUT2D eigenvalue weighted by Gasteiger charge is -2.21. The summed E-state index contributed by atoms with van der Waals surface area (Å²) < 4.78 is 5.85. The summed E-state index contributed by atoms with van der Waals surface area (Å²) in [6.45, 7) is 0.295. The molecular weight excluding hydrogens is 390 g/mol. The van der Waals surface area contributed by atoms with Crippen molar-refractivity contribution in [3.8, 4) is 6.07 Å². The average Bonchev–Trinajstić information content (AvgIpc) is 3.16. The van der Waals surface area contributed by atoms with E-state index in [4.69, 9.17) is 9.68 Å².